The lowest BCUT2D eigenvalue weighted by molar-refractivity contribution is -0.126. The third kappa shape index (κ3) is 5.30. The van der Waals surface area contributed by atoms with Crippen LogP contribution in [0.25, 0.3) is 11.3 Å². The molecule has 1 aliphatic heterocycles. The van der Waals surface area contributed by atoms with E-state index >= 15 is 0 Å². The number of rotatable bonds is 8. The fourth-order valence-electron chi connectivity index (χ4n) is 4.66. The van der Waals surface area contributed by atoms with Crippen LogP contribution in [-0.4, -0.2) is 55.8 Å². The Bertz CT molecular complexity index is 1580. The Labute approximate surface area is 234 Å². The van der Waals surface area contributed by atoms with Crippen molar-refractivity contribution in [3.8, 4) is 11.3 Å². The Morgan fingerprint density at radius 1 is 1.25 bits per heavy atom. The van der Waals surface area contributed by atoms with Crippen LogP contribution in [0.5, 0.6) is 0 Å². The van der Waals surface area contributed by atoms with Crippen LogP contribution in [0.1, 0.15) is 40.2 Å². The number of aryl methyl sites for hydroxylation is 2. The number of fused-ring (bicyclic) bond motifs is 1. The summed E-state index contributed by atoms with van der Waals surface area (Å²) < 4.78 is 21.4. The highest BCUT2D eigenvalue weighted by atomic mass is 35.5. The SMILES string of the molecule is Cc1cnc(Nc2ccnn2C)cc1-c1cc2c(o1)CCN([C@H](C)C(=O)N[C@H](CO)c1ccc(F)c(Cl)c1)C2=O. The van der Waals surface area contributed by atoms with Gasteiger partial charge >= 0.3 is 0 Å². The van der Waals surface area contributed by atoms with Gasteiger partial charge < -0.3 is 25.1 Å². The number of pyridine rings is 1. The number of carbonyl (C=O) groups excluding carboxylic acids is 2. The van der Waals surface area contributed by atoms with E-state index in [1.807, 2.05) is 26.1 Å². The van der Waals surface area contributed by atoms with Gasteiger partial charge in [0.25, 0.3) is 5.91 Å². The van der Waals surface area contributed by atoms with Crippen LogP contribution in [0.3, 0.4) is 0 Å². The first-order chi connectivity index (χ1) is 19.2. The molecule has 2 amide bonds. The van der Waals surface area contributed by atoms with Gasteiger partial charge in [-0.1, -0.05) is 17.7 Å². The van der Waals surface area contributed by atoms with E-state index in [9.17, 15) is 19.1 Å². The van der Waals surface area contributed by atoms with Gasteiger partial charge in [0.2, 0.25) is 5.91 Å². The summed E-state index contributed by atoms with van der Waals surface area (Å²) in [6.45, 7) is 3.38. The third-order valence-corrected chi connectivity index (χ3v) is 7.31. The molecule has 10 nitrogen and oxygen atoms in total. The number of amides is 2. The van der Waals surface area contributed by atoms with E-state index in [1.165, 1.54) is 23.1 Å². The predicted molar refractivity (Wildman–Crippen MR) is 147 cm³/mol. The number of aliphatic hydroxyl groups is 1. The van der Waals surface area contributed by atoms with Gasteiger partial charge in [0.05, 0.1) is 29.4 Å². The molecule has 0 bridgehead atoms. The number of hydrogen-bond donors (Lipinski definition) is 3. The Morgan fingerprint density at radius 2 is 2.05 bits per heavy atom. The summed E-state index contributed by atoms with van der Waals surface area (Å²) in [5.74, 6) is 1.05. The van der Waals surface area contributed by atoms with Gasteiger partial charge in [0, 0.05) is 37.8 Å². The van der Waals surface area contributed by atoms with E-state index in [0.717, 1.165) is 16.9 Å². The van der Waals surface area contributed by atoms with Crippen LogP contribution >= 0.6 is 11.6 Å². The molecular weight excluding hydrogens is 539 g/mol. The van der Waals surface area contributed by atoms with Gasteiger partial charge in [-0.2, -0.15) is 5.10 Å². The number of anilines is 2. The number of aromatic nitrogens is 3. The van der Waals surface area contributed by atoms with E-state index in [0.29, 0.717) is 34.9 Å². The minimum absolute atomic E-state index is 0.114. The molecule has 1 aromatic carbocycles. The second kappa shape index (κ2) is 11.1. The van der Waals surface area contributed by atoms with Gasteiger partial charge in [-0.25, -0.2) is 9.37 Å². The van der Waals surface area contributed by atoms with Crippen LogP contribution in [0.2, 0.25) is 5.02 Å². The summed E-state index contributed by atoms with van der Waals surface area (Å²) in [7, 11) is 1.82. The molecule has 40 heavy (non-hydrogen) atoms. The maximum Gasteiger partial charge on any atom is 0.258 e. The minimum Gasteiger partial charge on any atom is -0.460 e. The van der Waals surface area contributed by atoms with Crippen molar-refractivity contribution < 1.29 is 23.5 Å². The average Bonchev–Trinajstić information content (AvgIpc) is 3.56. The van der Waals surface area contributed by atoms with E-state index in [4.69, 9.17) is 16.0 Å². The number of halogens is 2. The van der Waals surface area contributed by atoms with Crippen LogP contribution in [0.15, 0.2) is 53.2 Å². The number of nitrogens with zero attached hydrogens (tertiary/aromatic N) is 4. The normalized spacial score (nSPS) is 14.6. The lowest BCUT2D eigenvalue weighted by Crippen LogP contribution is -2.51. The second-order valence-corrected chi connectivity index (χ2v) is 10.0. The zero-order valence-corrected chi connectivity index (χ0v) is 22.9. The first kappa shape index (κ1) is 27.4. The van der Waals surface area contributed by atoms with E-state index in [1.54, 1.807) is 30.1 Å². The summed E-state index contributed by atoms with van der Waals surface area (Å²) in [4.78, 5) is 32.5. The minimum atomic E-state index is -0.832. The molecular formula is C28H28ClFN6O4. The predicted octanol–water partition coefficient (Wildman–Crippen LogP) is 4.16. The topological polar surface area (TPSA) is 126 Å². The van der Waals surface area contributed by atoms with Crippen LogP contribution in [-0.2, 0) is 18.3 Å². The van der Waals surface area contributed by atoms with Gasteiger partial charge in [0.1, 0.15) is 35.0 Å². The zero-order chi connectivity index (χ0) is 28.6. The van der Waals surface area contributed by atoms with E-state index in [-0.39, 0.29) is 17.5 Å². The number of aliphatic hydroxyl groups excluding tert-OH is 1. The van der Waals surface area contributed by atoms with Crippen molar-refractivity contribution in [2.45, 2.75) is 32.4 Å². The molecule has 208 valence electrons. The molecule has 0 saturated carbocycles. The standard InChI is InChI=1S/C28H28ClFN6O4/c1-15-13-31-25(34-26-6-8-32-35(26)3)12-18(15)24-11-19-23(40-24)7-9-36(28(19)39)16(2)27(38)33-22(14-37)17-4-5-21(30)20(29)10-17/h4-6,8,10-13,16,22,37H,7,9,14H2,1-3H3,(H,31,34)(H,33,38)/t16-,22-/m1/s1. The van der Waals surface area contributed by atoms with Crippen LogP contribution < -0.4 is 10.6 Å². The number of furan rings is 1. The van der Waals surface area contributed by atoms with Crippen LogP contribution in [0, 0.1) is 12.7 Å². The molecule has 3 aromatic heterocycles. The Kier molecular flexibility index (Phi) is 7.59. The first-order valence-corrected chi connectivity index (χ1v) is 13.1. The quantitative estimate of drug-likeness (QED) is 0.292. The van der Waals surface area contributed by atoms with E-state index < -0.39 is 30.4 Å². The van der Waals surface area contributed by atoms with Gasteiger partial charge in [-0.05, 0) is 49.2 Å². The summed E-state index contributed by atoms with van der Waals surface area (Å²) in [5, 5.41) is 19.8. The summed E-state index contributed by atoms with van der Waals surface area (Å²) in [6, 6.07) is 7.70. The zero-order valence-electron chi connectivity index (χ0n) is 22.1. The smallest absolute Gasteiger partial charge is 0.258 e. The molecule has 4 heterocycles. The number of nitrogens with one attached hydrogen (secondary N) is 2. The molecule has 0 aliphatic carbocycles. The Hall–Kier alpha value is -4.22. The molecule has 3 N–H and O–H groups in total. The average molecular weight is 567 g/mol. The molecule has 4 aromatic rings. The number of carbonyl (C=O) groups is 2. The third-order valence-electron chi connectivity index (χ3n) is 7.02. The summed E-state index contributed by atoms with van der Waals surface area (Å²) in [5.41, 5.74) is 2.49. The molecule has 0 spiro atoms. The van der Waals surface area contributed by atoms with Crippen molar-refractivity contribution in [3.05, 3.63) is 82.1 Å². The largest absolute Gasteiger partial charge is 0.460 e. The number of benzene rings is 1. The molecule has 0 saturated heterocycles. The fraction of sp³-hybridized carbons (Fsp3) is 0.286. The van der Waals surface area contributed by atoms with Crippen molar-refractivity contribution in [1.29, 1.82) is 0 Å². The highest BCUT2D eigenvalue weighted by Gasteiger charge is 2.35. The van der Waals surface area contributed by atoms with Crippen molar-refractivity contribution >= 4 is 35.1 Å². The number of hydrogen-bond acceptors (Lipinski definition) is 7. The maximum atomic E-state index is 13.6. The van der Waals surface area contributed by atoms with E-state index in [2.05, 4.69) is 20.7 Å². The monoisotopic (exact) mass is 566 g/mol. The Balaban J connectivity index is 1.33. The summed E-state index contributed by atoms with van der Waals surface area (Å²) >= 11 is 5.86. The van der Waals surface area contributed by atoms with Crippen molar-refractivity contribution in [2.24, 2.45) is 7.05 Å². The maximum absolute atomic E-state index is 13.6. The highest BCUT2D eigenvalue weighted by Crippen LogP contribution is 2.33. The molecule has 0 fully saturated rings. The molecule has 0 radical (unpaired) electrons. The lowest BCUT2D eigenvalue weighted by atomic mass is 10.0. The molecule has 5 rings (SSSR count). The fourth-order valence-corrected chi connectivity index (χ4v) is 4.85. The second-order valence-electron chi connectivity index (χ2n) is 9.64. The molecule has 0 unspecified atom stereocenters. The molecule has 1 aliphatic rings. The van der Waals surface area contributed by atoms with Gasteiger partial charge in [0.15, 0.2) is 0 Å². The van der Waals surface area contributed by atoms with Crippen molar-refractivity contribution in [1.82, 2.24) is 25.0 Å². The van der Waals surface area contributed by atoms with Gasteiger partial charge in [-0.15, -0.1) is 0 Å². The Morgan fingerprint density at radius 3 is 2.75 bits per heavy atom. The first-order valence-electron chi connectivity index (χ1n) is 12.7. The van der Waals surface area contributed by atoms with Crippen LogP contribution in [0.4, 0.5) is 16.0 Å². The highest BCUT2D eigenvalue weighted by molar-refractivity contribution is 6.30. The molecule has 2 atom stereocenters. The van der Waals surface area contributed by atoms with Crippen molar-refractivity contribution in [2.75, 3.05) is 18.5 Å². The van der Waals surface area contributed by atoms with Gasteiger partial charge in [-0.3, -0.25) is 14.3 Å². The van der Waals surface area contributed by atoms with Crippen molar-refractivity contribution in [3.63, 3.8) is 0 Å². The molecule has 12 heteroatoms. The lowest BCUT2D eigenvalue weighted by Gasteiger charge is -2.32. The summed E-state index contributed by atoms with van der Waals surface area (Å²) in [6.07, 6.45) is 3.83.